The lowest BCUT2D eigenvalue weighted by molar-refractivity contribution is -0.141. The van der Waals surface area contributed by atoms with Crippen LogP contribution in [0.4, 0.5) is 18.9 Å². The summed E-state index contributed by atoms with van der Waals surface area (Å²) in [5, 5.41) is 8.61. The fraction of sp³-hybridized carbons (Fsp3) is 0.176. The molecule has 10 nitrogen and oxygen atoms in total. The predicted octanol–water partition coefficient (Wildman–Crippen LogP) is 2.38. The number of halogens is 3. The van der Waals surface area contributed by atoms with Gasteiger partial charge in [0.05, 0.1) is 31.2 Å². The van der Waals surface area contributed by atoms with Gasteiger partial charge < -0.3 is 4.74 Å². The minimum atomic E-state index is -4.68. The van der Waals surface area contributed by atoms with E-state index in [0.29, 0.717) is 17.0 Å². The van der Waals surface area contributed by atoms with Gasteiger partial charge in [-0.2, -0.15) is 23.4 Å². The molecule has 0 unspecified atom stereocenters. The molecule has 0 bridgehead atoms. The van der Waals surface area contributed by atoms with Gasteiger partial charge >= 0.3 is 6.18 Å². The first-order valence-electron chi connectivity index (χ1n) is 8.56. The Morgan fingerprint density at radius 1 is 1.13 bits per heavy atom. The SMILES string of the molecule is COc1ccc2cnn(C)c2c1NS(=O)(=O)c1cnn(-c2cc(C(F)(F)F)ncn2)c1. The standard InChI is InChI=1S/C17H14F3N7O3S/c1-26-16-10(6-23-26)3-4-12(30-2)15(16)25-31(28,29)11-7-24-27(8-11)14-5-13(17(18,19)20)21-9-22-14/h3-9,25H,1-2H3. The summed E-state index contributed by atoms with van der Waals surface area (Å²) in [5.41, 5.74) is -0.529. The number of aryl methyl sites for hydroxylation is 1. The Morgan fingerprint density at radius 3 is 2.61 bits per heavy atom. The third-order valence-electron chi connectivity index (χ3n) is 4.37. The number of anilines is 1. The molecule has 0 saturated heterocycles. The van der Waals surface area contributed by atoms with Crippen LogP contribution in [-0.2, 0) is 23.2 Å². The largest absolute Gasteiger partial charge is 0.494 e. The van der Waals surface area contributed by atoms with Gasteiger partial charge in [0, 0.05) is 18.5 Å². The summed E-state index contributed by atoms with van der Waals surface area (Å²) in [7, 11) is -1.14. The first-order valence-corrected chi connectivity index (χ1v) is 10.0. The van der Waals surface area contributed by atoms with Crippen molar-refractivity contribution in [2.45, 2.75) is 11.1 Å². The van der Waals surface area contributed by atoms with Crippen molar-refractivity contribution in [1.29, 1.82) is 0 Å². The van der Waals surface area contributed by atoms with E-state index in [1.807, 2.05) is 0 Å². The molecule has 14 heteroatoms. The summed E-state index contributed by atoms with van der Waals surface area (Å²) < 4.78 is 74.7. The van der Waals surface area contributed by atoms with Crippen molar-refractivity contribution < 1.29 is 26.3 Å². The molecule has 0 spiro atoms. The Bertz CT molecular complexity index is 1380. The fourth-order valence-electron chi connectivity index (χ4n) is 2.91. The van der Waals surface area contributed by atoms with Crippen LogP contribution < -0.4 is 9.46 Å². The summed E-state index contributed by atoms with van der Waals surface area (Å²) >= 11 is 0. The molecule has 0 aliphatic heterocycles. The third kappa shape index (κ3) is 3.76. The van der Waals surface area contributed by atoms with Crippen molar-refractivity contribution in [2.24, 2.45) is 7.05 Å². The second-order valence-electron chi connectivity index (χ2n) is 6.33. The number of nitrogens with one attached hydrogen (secondary N) is 1. The van der Waals surface area contributed by atoms with Crippen molar-refractivity contribution in [3.05, 3.63) is 48.8 Å². The highest BCUT2D eigenvalue weighted by molar-refractivity contribution is 7.92. The second kappa shape index (κ2) is 7.23. The maximum absolute atomic E-state index is 13.0. The second-order valence-corrected chi connectivity index (χ2v) is 8.02. The van der Waals surface area contributed by atoms with E-state index in [2.05, 4.69) is 24.9 Å². The zero-order chi connectivity index (χ0) is 22.4. The van der Waals surface area contributed by atoms with Crippen molar-refractivity contribution >= 4 is 26.6 Å². The van der Waals surface area contributed by atoms with Crippen LogP contribution in [0.15, 0.2) is 48.0 Å². The lowest BCUT2D eigenvalue weighted by atomic mass is 10.2. The molecule has 1 aromatic carbocycles. The number of benzene rings is 1. The zero-order valence-corrected chi connectivity index (χ0v) is 16.8. The van der Waals surface area contributed by atoms with E-state index in [4.69, 9.17) is 4.74 Å². The molecule has 0 fully saturated rings. The molecule has 0 amide bonds. The number of rotatable bonds is 5. The number of hydrogen-bond donors (Lipinski definition) is 1. The van der Waals surface area contributed by atoms with E-state index in [1.165, 1.54) is 11.8 Å². The molecule has 0 aliphatic rings. The monoisotopic (exact) mass is 453 g/mol. The van der Waals surface area contributed by atoms with E-state index in [-0.39, 0.29) is 22.2 Å². The van der Waals surface area contributed by atoms with Crippen LogP contribution in [0, 0.1) is 0 Å². The summed E-state index contributed by atoms with van der Waals surface area (Å²) in [6.07, 6.45) is -0.355. The Labute approximate surface area is 173 Å². The van der Waals surface area contributed by atoms with Crippen LogP contribution in [0.5, 0.6) is 5.75 Å². The van der Waals surface area contributed by atoms with E-state index in [1.54, 1.807) is 25.4 Å². The third-order valence-corrected chi connectivity index (χ3v) is 5.67. The molecule has 3 heterocycles. The van der Waals surface area contributed by atoms with Gasteiger partial charge in [0.2, 0.25) is 0 Å². The number of aromatic nitrogens is 6. The first kappa shape index (κ1) is 20.6. The number of alkyl halides is 3. The van der Waals surface area contributed by atoms with Gasteiger partial charge in [-0.05, 0) is 12.1 Å². The number of hydrogen-bond acceptors (Lipinski definition) is 7. The van der Waals surface area contributed by atoms with Crippen molar-refractivity contribution in [3.8, 4) is 11.6 Å². The van der Waals surface area contributed by atoms with Gasteiger partial charge in [-0.1, -0.05) is 0 Å². The van der Waals surface area contributed by atoms with Gasteiger partial charge in [-0.3, -0.25) is 9.40 Å². The average Bonchev–Trinajstić information content (AvgIpc) is 3.36. The highest BCUT2D eigenvalue weighted by atomic mass is 32.2. The van der Waals surface area contributed by atoms with Crippen LogP contribution >= 0.6 is 0 Å². The minimum Gasteiger partial charge on any atom is -0.494 e. The van der Waals surface area contributed by atoms with Gasteiger partial charge in [0.15, 0.2) is 5.82 Å². The molecule has 0 saturated carbocycles. The average molecular weight is 453 g/mol. The summed E-state index contributed by atoms with van der Waals surface area (Å²) in [6, 6.07) is 3.98. The summed E-state index contributed by atoms with van der Waals surface area (Å²) in [4.78, 5) is 6.60. The molecule has 1 N–H and O–H groups in total. The van der Waals surface area contributed by atoms with Crippen molar-refractivity contribution in [1.82, 2.24) is 29.5 Å². The molecule has 4 aromatic rings. The Balaban J connectivity index is 1.72. The highest BCUT2D eigenvalue weighted by Gasteiger charge is 2.33. The maximum atomic E-state index is 13.0. The normalized spacial score (nSPS) is 12.3. The van der Waals surface area contributed by atoms with Gasteiger partial charge in [0.1, 0.15) is 28.4 Å². The van der Waals surface area contributed by atoms with Crippen molar-refractivity contribution in [3.63, 3.8) is 0 Å². The Morgan fingerprint density at radius 2 is 1.90 bits per heavy atom. The van der Waals surface area contributed by atoms with Gasteiger partial charge in [0.25, 0.3) is 10.0 Å². The van der Waals surface area contributed by atoms with Crippen molar-refractivity contribution in [2.75, 3.05) is 11.8 Å². The minimum absolute atomic E-state index is 0.161. The first-order chi connectivity index (χ1) is 14.6. The summed E-state index contributed by atoms with van der Waals surface area (Å²) in [6.45, 7) is 0. The predicted molar refractivity (Wildman–Crippen MR) is 102 cm³/mol. The topological polar surface area (TPSA) is 117 Å². The van der Waals surface area contributed by atoms with Crippen LogP contribution in [0.2, 0.25) is 0 Å². The van der Waals surface area contributed by atoms with Crippen LogP contribution in [0.1, 0.15) is 5.69 Å². The maximum Gasteiger partial charge on any atom is 0.433 e. The molecular weight excluding hydrogens is 439 g/mol. The summed E-state index contributed by atoms with van der Waals surface area (Å²) in [5.74, 6) is 0.0211. The smallest absolute Gasteiger partial charge is 0.433 e. The number of fused-ring (bicyclic) bond motifs is 1. The highest BCUT2D eigenvalue weighted by Crippen LogP contribution is 2.34. The molecule has 3 aromatic heterocycles. The molecule has 0 aliphatic carbocycles. The lowest BCUT2D eigenvalue weighted by Crippen LogP contribution is -2.14. The quantitative estimate of drug-likeness (QED) is 0.493. The van der Waals surface area contributed by atoms with Crippen LogP contribution in [-0.4, -0.2) is 45.1 Å². The number of methoxy groups -OCH3 is 1. The van der Waals surface area contributed by atoms with E-state index < -0.39 is 21.9 Å². The number of ether oxygens (including phenoxy) is 1. The lowest BCUT2D eigenvalue weighted by Gasteiger charge is -2.13. The molecule has 162 valence electrons. The molecule has 31 heavy (non-hydrogen) atoms. The Hall–Kier alpha value is -3.68. The zero-order valence-electron chi connectivity index (χ0n) is 16.0. The Kier molecular flexibility index (Phi) is 4.80. The molecule has 4 rings (SSSR count). The van der Waals surface area contributed by atoms with E-state index >= 15 is 0 Å². The van der Waals surface area contributed by atoms with Crippen LogP contribution in [0.25, 0.3) is 16.7 Å². The van der Waals surface area contributed by atoms with Gasteiger partial charge in [-0.15, -0.1) is 0 Å². The number of nitrogens with zero attached hydrogens (tertiary/aromatic N) is 6. The molecule has 0 atom stereocenters. The molecular formula is C17H14F3N7O3S. The van der Waals surface area contributed by atoms with Crippen LogP contribution in [0.3, 0.4) is 0 Å². The fourth-order valence-corrected chi connectivity index (χ4v) is 3.92. The van der Waals surface area contributed by atoms with Gasteiger partial charge in [-0.25, -0.2) is 23.1 Å². The van der Waals surface area contributed by atoms with E-state index in [9.17, 15) is 21.6 Å². The number of sulfonamides is 1. The molecule has 0 radical (unpaired) electrons. The van der Waals surface area contributed by atoms with E-state index in [0.717, 1.165) is 23.4 Å².